The third-order valence-electron chi connectivity index (χ3n) is 10.5. The smallest absolute Gasteiger partial charge is 0.394 e. The molecule has 24 heteroatoms. The fourth-order valence-electron chi connectivity index (χ4n) is 7.20. The standard InChI is InChI=1S/C39H57F6N9O9/c1-2-3-4-5-6-51(21-32(57)35(59)36(60)33(58)22-55)17-25-18-53(50-49-25)8-10-63-12-11-62-9-7-52-19-30-34(37(47)61)48-38(39(43,44)45)54(30)20-29(52)31(56)15-24(46)13-23-14-27(41)28(42)16-26(23)40/h14,16,18,24,29,32-33,35-36,55,57-60H,2-13,15,17,19-22,46H2,1H3,(H2,47,61)/t24-,29?,32?,33?,35?,36?/m1/s1. The highest BCUT2D eigenvalue weighted by atomic mass is 19.4. The van der Waals surface area contributed by atoms with Crippen molar-refractivity contribution < 1.29 is 70.9 Å². The number of nitrogens with zero attached hydrogens (tertiary/aromatic N) is 7. The quantitative estimate of drug-likeness (QED) is 0.0293. The molecule has 6 atom stereocenters. The van der Waals surface area contributed by atoms with Gasteiger partial charge in [-0.1, -0.05) is 31.4 Å². The zero-order valence-corrected chi connectivity index (χ0v) is 34.8. The molecule has 3 aromatic rings. The van der Waals surface area contributed by atoms with E-state index in [0.717, 1.165) is 25.7 Å². The number of carbonyl (C=O) groups excluding carboxylic acids is 2. The second kappa shape index (κ2) is 24.3. The molecular formula is C39H57F6N9O9. The number of aliphatic hydroxyl groups excluding tert-OH is 5. The lowest BCUT2D eigenvalue weighted by Gasteiger charge is -2.36. The van der Waals surface area contributed by atoms with Gasteiger partial charge in [0, 0.05) is 57.4 Å². The van der Waals surface area contributed by atoms with E-state index in [4.69, 9.17) is 26.0 Å². The van der Waals surface area contributed by atoms with Crippen molar-refractivity contribution in [3.05, 3.63) is 64.3 Å². The van der Waals surface area contributed by atoms with Crippen LogP contribution in [0.1, 0.15) is 72.3 Å². The van der Waals surface area contributed by atoms with E-state index in [9.17, 15) is 56.4 Å². The Hall–Kier alpha value is -4.11. The average Bonchev–Trinajstić information content (AvgIpc) is 3.85. The number of aliphatic hydroxyl groups is 5. The lowest BCUT2D eigenvalue weighted by molar-refractivity contribution is -0.149. The first kappa shape index (κ1) is 51.5. The number of rotatable bonds is 28. The monoisotopic (exact) mass is 909 g/mol. The molecule has 1 aromatic carbocycles. The molecule has 0 fully saturated rings. The van der Waals surface area contributed by atoms with E-state index in [1.807, 2.05) is 4.90 Å². The van der Waals surface area contributed by atoms with Gasteiger partial charge in [-0.15, -0.1) is 5.10 Å². The normalized spacial score (nSPS) is 17.1. The lowest BCUT2D eigenvalue weighted by Crippen LogP contribution is -2.50. The molecule has 0 bridgehead atoms. The number of ketones is 1. The predicted molar refractivity (Wildman–Crippen MR) is 210 cm³/mol. The van der Waals surface area contributed by atoms with E-state index in [2.05, 4.69) is 22.2 Å². The first-order valence-corrected chi connectivity index (χ1v) is 20.6. The Labute approximate surface area is 359 Å². The largest absolute Gasteiger partial charge is 0.449 e. The van der Waals surface area contributed by atoms with E-state index < -0.39 is 103 Å². The van der Waals surface area contributed by atoms with Crippen LogP contribution in [-0.4, -0.2) is 161 Å². The number of amides is 1. The summed E-state index contributed by atoms with van der Waals surface area (Å²) in [6.45, 7) is 1.76. The Morgan fingerprint density at radius 2 is 1.62 bits per heavy atom. The first-order valence-electron chi connectivity index (χ1n) is 20.6. The number of carbonyl (C=O) groups is 2. The number of unbranched alkanes of at least 4 members (excludes halogenated alkanes) is 3. The van der Waals surface area contributed by atoms with Gasteiger partial charge in [0.05, 0.1) is 63.1 Å². The van der Waals surface area contributed by atoms with Crippen molar-refractivity contribution in [3.63, 3.8) is 0 Å². The number of ether oxygens (including phenoxy) is 2. The molecule has 18 nitrogen and oxygen atoms in total. The summed E-state index contributed by atoms with van der Waals surface area (Å²) in [7, 11) is 0. The third kappa shape index (κ3) is 15.0. The van der Waals surface area contributed by atoms with E-state index >= 15 is 0 Å². The maximum atomic E-state index is 14.3. The fourth-order valence-corrected chi connectivity index (χ4v) is 7.20. The van der Waals surface area contributed by atoms with E-state index in [0.29, 0.717) is 35.5 Å². The highest BCUT2D eigenvalue weighted by molar-refractivity contribution is 5.92. The van der Waals surface area contributed by atoms with Gasteiger partial charge < -0.3 is 51.0 Å². The predicted octanol–water partition coefficient (Wildman–Crippen LogP) is 0.275. The van der Waals surface area contributed by atoms with Gasteiger partial charge in [-0.05, 0) is 31.0 Å². The number of aromatic nitrogens is 5. The molecule has 0 spiro atoms. The van der Waals surface area contributed by atoms with Crippen molar-refractivity contribution in [2.75, 3.05) is 52.7 Å². The number of hydrogen-bond donors (Lipinski definition) is 7. The van der Waals surface area contributed by atoms with Crippen LogP contribution in [0.25, 0.3) is 0 Å². The Morgan fingerprint density at radius 1 is 0.952 bits per heavy atom. The molecular weight excluding hydrogens is 852 g/mol. The summed E-state index contributed by atoms with van der Waals surface area (Å²) in [5, 5.41) is 58.0. The molecule has 4 rings (SSSR count). The summed E-state index contributed by atoms with van der Waals surface area (Å²) < 4.78 is 97.1. The van der Waals surface area contributed by atoms with Crippen molar-refractivity contribution in [1.29, 1.82) is 0 Å². The van der Waals surface area contributed by atoms with Crippen LogP contribution in [0.15, 0.2) is 18.3 Å². The number of hydrogen-bond acceptors (Lipinski definition) is 15. The third-order valence-corrected chi connectivity index (χ3v) is 10.5. The topological polar surface area (TPSA) is 261 Å². The van der Waals surface area contributed by atoms with Crippen molar-refractivity contribution in [2.45, 2.75) is 114 Å². The molecule has 5 unspecified atom stereocenters. The highest BCUT2D eigenvalue weighted by Crippen LogP contribution is 2.34. The van der Waals surface area contributed by atoms with Gasteiger partial charge in [0.25, 0.3) is 5.91 Å². The second-order valence-corrected chi connectivity index (χ2v) is 15.5. The first-order chi connectivity index (χ1) is 29.8. The molecule has 0 saturated carbocycles. The van der Waals surface area contributed by atoms with E-state index in [1.54, 1.807) is 10.9 Å². The summed E-state index contributed by atoms with van der Waals surface area (Å²) in [6.07, 6.45) is -6.91. The van der Waals surface area contributed by atoms with E-state index in [1.165, 1.54) is 4.90 Å². The number of Topliss-reactive ketones (excluding diaryl/α,β-unsaturated/α-hetero) is 1. The Morgan fingerprint density at radius 3 is 2.27 bits per heavy atom. The fraction of sp³-hybridized carbons (Fsp3) is 0.667. The second-order valence-electron chi connectivity index (χ2n) is 15.5. The Bertz CT molecular complexity index is 1920. The maximum Gasteiger partial charge on any atom is 0.449 e. The summed E-state index contributed by atoms with van der Waals surface area (Å²) in [5.74, 6) is -7.07. The van der Waals surface area contributed by atoms with Gasteiger partial charge in [0.2, 0.25) is 5.82 Å². The lowest BCUT2D eigenvalue weighted by atomic mass is 9.96. The zero-order valence-electron chi connectivity index (χ0n) is 34.8. The molecule has 1 amide bonds. The molecule has 354 valence electrons. The van der Waals surface area contributed by atoms with Gasteiger partial charge in [0.1, 0.15) is 24.1 Å². The average molecular weight is 910 g/mol. The molecule has 9 N–H and O–H groups in total. The Balaban J connectivity index is 1.29. The summed E-state index contributed by atoms with van der Waals surface area (Å²) in [4.78, 5) is 32.5. The molecule has 0 radical (unpaired) electrons. The van der Waals surface area contributed by atoms with Crippen molar-refractivity contribution in [3.8, 4) is 0 Å². The number of primary amides is 1. The van der Waals surface area contributed by atoms with Gasteiger partial charge in [0.15, 0.2) is 23.1 Å². The summed E-state index contributed by atoms with van der Waals surface area (Å²) in [5.41, 5.74) is 11.0. The number of imidazole rings is 1. The van der Waals surface area contributed by atoms with Crippen LogP contribution >= 0.6 is 0 Å². The van der Waals surface area contributed by atoms with Crippen LogP contribution in [-0.2, 0) is 53.0 Å². The molecule has 0 aliphatic carbocycles. The van der Waals surface area contributed by atoms with Crippen molar-refractivity contribution >= 4 is 11.7 Å². The molecule has 3 heterocycles. The van der Waals surface area contributed by atoms with Gasteiger partial charge in [-0.2, -0.15) is 13.2 Å². The summed E-state index contributed by atoms with van der Waals surface area (Å²) >= 11 is 0. The minimum absolute atomic E-state index is 0.00722. The highest BCUT2D eigenvalue weighted by Gasteiger charge is 2.44. The van der Waals surface area contributed by atoms with Crippen molar-refractivity contribution in [1.82, 2.24) is 34.3 Å². The number of nitrogens with two attached hydrogens (primary N) is 2. The SMILES string of the molecule is CCCCCCN(Cc1cn(CCOCCOCCN2Cc3c(C(N)=O)nc(C(F)(F)F)n3CC2C(=O)C[C@H](N)Cc2cc(F)c(F)cc2F)nn1)CC(O)C(O)C(O)C(O)CO. The van der Waals surface area contributed by atoms with Crippen LogP contribution in [0.2, 0.25) is 0 Å². The molecule has 1 aliphatic heterocycles. The van der Waals surface area contributed by atoms with Gasteiger partial charge >= 0.3 is 6.18 Å². The number of fused-ring (bicyclic) bond motifs is 1. The maximum absolute atomic E-state index is 14.3. The van der Waals surface area contributed by atoms with Gasteiger partial charge in [-0.3, -0.25) is 19.4 Å². The Kier molecular flexibility index (Phi) is 19.8. The number of halogens is 6. The van der Waals surface area contributed by atoms with Crippen LogP contribution in [0, 0.1) is 17.5 Å². The van der Waals surface area contributed by atoms with Crippen LogP contribution in [0.3, 0.4) is 0 Å². The van der Waals surface area contributed by atoms with Crippen LogP contribution in [0.5, 0.6) is 0 Å². The number of benzene rings is 1. The molecule has 1 aliphatic rings. The van der Waals surface area contributed by atoms with Crippen LogP contribution < -0.4 is 11.5 Å². The molecule has 0 saturated heterocycles. The summed E-state index contributed by atoms with van der Waals surface area (Å²) in [6, 6.07) is -1.39. The zero-order chi connectivity index (χ0) is 46.4. The van der Waals surface area contributed by atoms with Crippen molar-refractivity contribution in [2.24, 2.45) is 11.5 Å². The molecule has 63 heavy (non-hydrogen) atoms. The number of alkyl halides is 3. The minimum atomic E-state index is -5.00. The van der Waals surface area contributed by atoms with E-state index in [-0.39, 0.29) is 70.3 Å². The van der Waals surface area contributed by atoms with Crippen LogP contribution in [0.4, 0.5) is 26.3 Å². The minimum Gasteiger partial charge on any atom is -0.394 e. The molecule has 2 aromatic heterocycles. The van der Waals surface area contributed by atoms with Gasteiger partial charge in [-0.25, -0.2) is 22.8 Å².